The van der Waals surface area contributed by atoms with Crippen LogP contribution in [0.5, 0.6) is 0 Å². The van der Waals surface area contributed by atoms with E-state index in [1.807, 2.05) is 23.4 Å². The summed E-state index contributed by atoms with van der Waals surface area (Å²) in [5, 5.41) is 4.72. The van der Waals surface area contributed by atoms with Crippen molar-refractivity contribution < 1.29 is 14.0 Å². The number of carbonyl (C=O) groups is 2. The summed E-state index contributed by atoms with van der Waals surface area (Å²) in [6.07, 6.45) is 2.86. The Kier molecular flexibility index (Phi) is 7.03. The molecule has 1 saturated heterocycles. The van der Waals surface area contributed by atoms with Crippen molar-refractivity contribution in [1.29, 1.82) is 0 Å². The minimum absolute atomic E-state index is 0.0797. The third kappa shape index (κ3) is 5.32. The van der Waals surface area contributed by atoms with Gasteiger partial charge in [-0.2, -0.15) is 0 Å². The Balaban J connectivity index is 1.37. The third-order valence-electron chi connectivity index (χ3n) is 5.20. The molecule has 3 rings (SSSR count). The number of halogens is 1. The largest absolute Gasteiger partial charge is 0.371 e. The first-order valence-corrected chi connectivity index (χ1v) is 10.5. The number of hydrogen-bond donors (Lipinski definition) is 1. The molecule has 0 radical (unpaired) electrons. The molecule has 1 N–H and O–H groups in total. The Bertz CT molecular complexity index is 771. The van der Waals surface area contributed by atoms with Crippen LogP contribution in [0, 0.1) is 5.82 Å². The van der Waals surface area contributed by atoms with Gasteiger partial charge in [0.15, 0.2) is 0 Å². The molecular weight excluding hydrogens is 377 g/mol. The second kappa shape index (κ2) is 9.68. The molecule has 1 aromatic heterocycles. The predicted octanol–water partition coefficient (Wildman–Crippen LogP) is 3.52. The van der Waals surface area contributed by atoms with E-state index in [4.69, 9.17) is 0 Å². The summed E-state index contributed by atoms with van der Waals surface area (Å²) in [5.74, 6) is -0.190. The van der Waals surface area contributed by atoms with E-state index in [1.165, 1.54) is 23.5 Å². The molecule has 1 fully saturated rings. The van der Waals surface area contributed by atoms with Crippen LogP contribution in [-0.2, 0) is 4.79 Å². The van der Waals surface area contributed by atoms with Crippen LogP contribution in [0.3, 0.4) is 0 Å². The van der Waals surface area contributed by atoms with E-state index in [0.29, 0.717) is 24.3 Å². The summed E-state index contributed by atoms with van der Waals surface area (Å²) in [6, 6.07) is 10.4. The molecule has 0 atom stereocenters. The molecule has 0 unspecified atom stereocenters. The number of benzene rings is 1. The lowest BCUT2D eigenvalue weighted by Crippen LogP contribution is -2.45. The molecule has 0 saturated carbocycles. The molecule has 28 heavy (non-hydrogen) atoms. The highest BCUT2D eigenvalue weighted by Gasteiger charge is 2.25. The van der Waals surface area contributed by atoms with Crippen LogP contribution in [0.2, 0.25) is 0 Å². The molecule has 7 heteroatoms. The zero-order valence-electron chi connectivity index (χ0n) is 16.1. The van der Waals surface area contributed by atoms with E-state index < -0.39 is 0 Å². The maximum atomic E-state index is 13.1. The van der Waals surface area contributed by atoms with Crippen molar-refractivity contribution in [1.82, 2.24) is 10.2 Å². The maximum absolute atomic E-state index is 13.1. The highest BCUT2D eigenvalue weighted by molar-refractivity contribution is 7.12. The standard InChI is InChI=1S/C21H26FN3O2S/c1-24(20(26)5-2-12-23-21(27)19-4-3-15-28-19)17-10-13-25(14-11-17)18-8-6-16(22)7-9-18/h3-4,6-9,15,17H,2,5,10-14H2,1H3,(H,23,27). The number of hydrogen-bond acceptors (Lipinski definition) is 4. The Morgan fingerprint density at radius 1 is 1.21 bits per heavy atom. The average Bonchev–Trinajstić information content (AvgIpc) is 3.26. The number of piperidine rings is 1. The monoisotopic (exact) mass is 403 g/mol. The van der Waals surface area contributed by atoms with Crippen LogP contribution in [0.25, 0.3) is 0 Å². The van der Waals surface area contributed by atoms with Crippen LogP contribution in [0.4, 0.5) is 10.1 Å². The number of thiophene rings is 1. The van der Waals surface area contributed by atoms with Crippen LogP contribution in [0.1, 0.15) is 35.4 Å². The first kappa shape index (κ1) is 20.3. The lowest BCUT2D eigenvalue weighted by atomic mass is 10.0. The first-order chi connectivity index (χ1) is 13.5. The Morgan fingerprint density at radius 3 is 2.57 bits per heavy atom. The van der Waals surface area contributed by atoms with Crippen molar-refractivity contribution in [3.63, 3.8) is 0 Å². The number of carbonyl (C=O) groups excluding carboxylic acids is 2. The summed E-state index contributed by atoms with van der Waals surface area (Å²) < 4.78 is 13.1. The lowest BCUT2D eigenvalue weighted by Gasteiger charge is -2.38. The normalized spacial score (nSPS) is 14.7. The predicted molar refractivity (Wildman–Crippen MR) is 110 cm³/mol. The second-order valence-electron chi connectivity index (χ2n) is 7.04. The molecule has 2 amide bonds. The van der Waals surface area contributed by atoms with Crippen molar-refractivity contribution in [2.24, 2.45) is 0 Å². The minimum Gasteiger partial charge on any atom is -0.371 e. The topological polar surface area (TPSA) is 52.7 Å². The van der Waals surface area contributed by atoms with Crippen molar-refractivity contribution in [2.75, 3.05) is 31.6 Å². The molecule has 2 aromatic rings. The number of anilines is 1. The van der Waals surface area contributed by atoms with E-state index in [9.17, 15) is 14.0 Å². The average molecular weight is 404 g/mol. The summed E-state index contributed by atoms with van der Waals surface area (Å²) in [6.45, 7) is 2.20. The van der Waals surface area contributed by atoms with Gasteiger partial charge in [-0.3, -0.25) is 9.59 Å². The quantitative estimate of drug-likeness (QED) is 0.720. The maximum Gasteiger partial charge on any atom is 0.261 e. The molecule has 1 aromatic carbocycles. The number of amides is 2. The minimum atomic E-state index is -0.226. The van der Waals surface area contributed by atoms with Gasteiger partial charge in [0, 0.05) is 44.8 Å². The Morgan fingerprint density at radius 2 is 1.93 bits per heavy atom. The number of nitrogens with zero attached hydrogens (tertiary/aromatic N) is 2. The van der Waals surface area contributed by atoms with Crippen LogP contribution < -0.4 is 10.2 Å². The van der Waals surface area contributed by atoms with Gasteiger partial charge in [0.1, 0.15) is 5.82 Å². The van der Waals surface area contributed by atoms with E-state index in [2.05, 4.69) is 10.2 Å². The van der Waals surface area contributed by atoms with E-state index in [1.54, 1.807) is 18.2 Å². The third-order valence-corrected chi connectivity index (χ3v) is 6.06. The van der Waals surface area contributed by atoms with Gasteiger partial charge < -0.3 is 15.1 Å². The molecule has 0 aliphatic carbocycles. The zero-order chi connectivity index (χ0) is 19.9. The highest BCUT2D eigenvalue weighted by Crippen LogP contribution is 2.22. The summed E-state index contributed by atoms with van der Waals surface area (Å²) in [4.78, 5) is 29.1. The van der Waals surface area contributed by atoms with Crippen LogP contribution >= 0.6 is 11.3 Å². The van der Waals surface area contributed by atoms with Gasteiger partial charge in [-0.05, 0) is 55.0 Å². The van der Waals surface area contributed by atoms with Crippen molar-refractivity contribution in [3.05, 3.63) is 52.5 Å². The molecule has 0 bridgehead atoms. The molecular formula is C21H26FN3O2S. The number of rotatable bonds is 7. The molecule has 1 aliphatic heterocycles. The smallest absolute Gasteiger partial charge is 0.261 e. The van der Waals surface area contributed by atoms with Gasteiger partial charge in [0.25, 0.3) is 5.91 Å². The molecule has 5 nitrogen and oxygen atoms in total. The molecule has 1 aliphatic rings. The zero-order valence-corrected chi connectivity index (χ0v) is 16.9. The van der Waals surface area contributed by atoms with Crippen molar-refractivity contribution in [2.45, 2.75) is 31.7 Å². The van der Waals surface area contributed by atoms with Crippen molar-refractivity contribution >= 4 is 28.8 Å². The van der Waals surface area contributed by atoms with Gasteiger partial charge in [-0.25, -0.2) is 4.39 Å². The summed E-state index contributed by atoms with van der Waals surface area (Å²) >= 11 is 1.41. The van der Waals surface area contributed by atoms with Gasteiger partial charge in [-0.1, -0.05) is 6.07 Å². The first-order valence-electron chi connectivity index (χ1n) is 9.62. The highest BCUT2D eigenvalue weighted by atomic mass is 32.1. The summed E-state index contributed by atoms with van der Waals surface area (Å²) in [7, 11) is 1.87. The van der Waals surface area contributed by atoms with Crippen LogP contribution in [0.15, 0.2) is 41.8 Å². The van der Waals surface area contributed by atoms with Gasteiger partial charge in [-0.15, -0.1) is 11.3 Å². The van der Waals surface area contributed by atoms with Crippen LogP contribution in [-0.4, -0.2) is 49.4 Å². The van der Waals surface area contributed by atoms with Gasteiger partial charge in [0.2, 0.25) is 5.91 Å². The Labute approximate surface area is 169 Å². The SMILES string of the molecule is CN(C(=O)CCCNC(=O)c1cccs1)C1CCN(c2ccc(F)cc2)CC1. The molecule has 0 spiro atoms. The Hall–Kier alpha value is -2.41. The van der Waals surface area contributed by atoms with Gasteiger partial charge >= 0.3 is 0 Å². The van der Waals surface area contributed by atoms with Crippen molar-refractivity contribution in [3.8, 4) is 0 Å². The van der Waals surface area contributed by atoms with E-state index in [-0.39, 0.29) is 23.7 Å². The fourth-order valence-electron chi connectivity index (χ4n) is 3.48. The van der Waals surface area contributed by atoms with E-state index in [0.717, 1.165) is 31.6 Å². The molecule has 2 heterocycles. The second-order valence-corrected chi connectivity index (χ2v) is 7.98. The lowest BCUT2D eigenvalue weighted by molar-refractivity contribution is -0.132. The number of nitrogens with one attached hydrogen (secondary N) is 1. The fourth-order valence-corrected chi connectivity index (χ4v) is 4.12. The fraction of sp³-hybridized carbons (Fsp3) is 0.429. The summed E-state index contributed by atoms with van der Waals surface area (Å²) in [5.41, 5.74) is 1.02. The molecule has 150 valence electrons. The van der Waals surface area contributed by atoms with Gasteiger partial charge in [0.05, 0.1) is 4.88 Å². The van der Waals surface area contributed by atoms with E-state index >= 15 is 0 Å².